The molecule has 0 radical (unpaired) electrons. The molecule has 3 aromatic carbocycles. The molecule has 0 bridgehead atoms. The minimum absolute atomic E-state index is 0.0473. The number of hydrogen-bond acceptors (Lipinski definition) is 6. The number of aryl methyl sites for hydroxylation is 1. The number of hydrogen-bond donors (Lipinski definition) is 2. The van der Waals surface area contributed by atoms with Crippen molar-refractivity contribution < 1.29 is 19.1 Å². The van der Waals surface area contributed by atoms with Gasteiger partial charge in [-0.1, -0.05) is 42.5 Å². The van der Waals surface area contributed by atoms with Gasteiger partial charge >= 0.3 is 0 Å². The Morgan fingerprint density at radius 2 is 1.82 bits per heavy atom. The molecule has 9 heteroatoms. The number of imidazole rings is 1. The Labute approximate surface area is 258 Å². The van der Waals surface area contributed by atoms with E-state index in [9.17, 15) is 9.59 Å². The van der Waals surface area contributed by atoms with Gasteiger partial charge in [-0.3, -0.25) is 9.59 Å². The maximum absolute atomic E-state index is 13.4. The lowest BCUT2D eigenvalue weighted by molar-refractivity contribution is -0.132. The Balaban J connectivity index is 1.09. The minimum atomic E-state index is -0.270. The van der Waals surface area contributed by atoms with Crippen LogP contribution in [-0.2, 0) is 22.6 Å². The van der Waals surface area contributed by atoms with Crippen molar-refractivity contribution in [2.24, 2.45) is 5.73 Å². The van der Waals surface area contributed by atoms with E-state index in [-0.39, 0.29) is 23.8 Å². The number of benzene rings is 3. The molecule has 44 heavy (non-hydrogen) atoms. The van der Waals surface area contributed by atoms with Gasteiger partial charge in [-0.25, -0.2) is 4.98 Å². The third-order valence-electron chi connectivity index (χ3n) is 8.62. The Hall–Kier alpha value is -4.37. The third-order valence-corrected chi connectivity index (χ3v) is 8.62. The number of nitrogens with two attached hydrogens (primary N) is 1. The van der Waals surface area contributed by atoms with Gasteiger partial charge in [0.05, 0.1) is 11.0 Å². The van der Waals surface area contributed by atoms with Crippen molar-refractivity contribution in [3.05, 3.63) is 77.6 Å². The largest absolute Gasteiger partial charge is 0.486 e. The maximum atomic E-state index is 13.4. The average molecular weight is 596 g/mol. The summed E-state index contributed by atoms with van der Waals surface area (Å²) < 4.78 is 13.6. The summed E-state index contributed by atoms with van der Waals surface area (Å²) in [4.78, 5) is 32.0. The number of ether oxygens (including phenoxy) is 2. The van der Waals surface area contributed by atoms with Crippen molar-refractivity contribution in [3.8, 4) is 22.6 Å². The van der Waals surface area contributed by atoms with Gasteiger partial charge in [0.2, 0.25) is 11.8 Å². The van der Waals surface area contributed by atoms with Gasteiger partial charge in [0, 0.05) is 51.5 Å². The van der Waals surface area contributed by atoms with Gasteiger partial charge in [0.15, 0.2) is 11.5 Å². The summed E-state index contributed by atoms with van der Waals surface area (Å²) >= 11 is 0. The van der Waals surface area contributed by atoms with E-state index in [1.165, 1.54) is 6.92 Å². The number of para-hydroxylation sites is 1. The van der Waals surface area contributed by atoms with Crippen LogP contribution in [0.3, 0.4) is 0 Å². The van der Waals surface area contributed by atoms with Gasteiger partial charge in [-0.15, -0.1) is 0 Å². The predicted molar refractivity (Wildman–Crippen MR) is 171 cm³/mol. The third kappa shape index (κ3) is 6.58. The van der Waals surface area contributed by atoms with Gasteiger partial charge in [0.1, 0.15) is 19.0 Å². The molecule has 230 valence electrons. The highest BCUT2D eigenvalue weighted by Gasteiger charge is 2.29. The Morgan fingerprint density at radius 3 is 2.61 bits per heavy atom. The molecule has 2 aliphatic rings. The molecule has 2 aliphatic heterocycles. The fraction of sp³-hybridized carbons (Fsp3) is 0.400. The molecule has 1 fully saturated rings. The van der Waals surface area contributed by atoms with Gasteiger partial charge in [0.25, 0.3) is 0 Å². The van der Waals surface area contributed by atoms with Crippen molar-refractivity contribution >= 4 is 22.8 Å². The fourth-order valence-electron chi connectivity index (χ4n) is 6.39. The van der Waals surface area contributed by atoms with Gasteiger partial charge < -0.3 is 30.0 Å². The summed E-state index contributed by atoms with van der Waals surface area (Å²) in [7, 11) is 0. The standard InChI is InChI=1S/C35H41N5O4/c1-23-5-3-7-30-34(23)38-35(40(30)16-14-37-24(2)41)28-6-4-15-39(22-28)33(42)21-29(36)19-25-8-10-26(11-9-25)27-12-13-31-32(20-27)44-18-17-43-31/h3,5,7-13,20,28-29H,4,6,14-19,21-22,36H2,1-2H3,(H,37,41). The Bertz CT molecular complexity index is 1650. The molecule has 2 unspecified atom stereocenters. The molecule has 2 amide bonds. The van der Waals surface area contributed by atoms with Crippen LogP contribution in [0.1, 0.15) is 49.1 Å². The van der Waals surface area contributed by atoms with E-state index < -0.39 is 0 Å². The van der Waals surface area contributed by atoms with Crippen LogP contribution in [0.25, 0.3) is 22.2 Å². The van der Waals surface area contributed by atoms with Crippen LogP contribution in [0.15, 0.2) is 60.7 Å². The van der Waals surface area contributed by atoms with Crippen molar-refractivity contribution in [2.75, 3.05) is 32.8 Å². The van der Waals surface area contributed by atoms with Crippen molar-refractivity contribution in [1.82, 2.24) is 19.8 Å². The second-order valence-electron chi connectivity index (χ2n) is 11.9. The van der Waals surface area contributed by atoms with E-state index in [1.807, 2.05) is 29.2 Å². The highest BCUT2D eigenvalue weighted by molar-refractivity contribution is 5.80. The smallest absolute Gasteiger partial charge is 0.224 e. The number of amides is 2. The number of piperidine rings is 1. The first-order valence-electron chi connectivity index (χ1n) is 15.6. The topological polar surface area (TPSA) is 112 Å². The normalized spacial score (nSPS) is 17.0. The highest BCUT2D eigenvalue weighted by Crippen LogP contribution is 2.35. The molecule has 0 saturated carbocycles. The van der Waals surface area contributed by atoms with E-state index in [2.05, 4.69) is 53.2 Å². The number of carbonyl (C=O) groups is 2. The zero-order valence-corrected chi connectivity index (χ0v) is 25.6. The SMILES string of the molecule is CC(=O)NCCn1c(C2CCCN(C(=O)CC(N)Cc3ccc(-c4ccc5c(c4)OCCO5)cc3)C2)nc2c(C)cccc21. The summed E-state index contributed by atoms with van der Waals surface area (Å²) in [6.07, 6.45) is 2.81. The summed E-state index contributed by atoms with van der Waals surface area (Å²) in [6.45, 7) is 7.26. The first kappa shape index (κ1) is 29.7. The quantitative estimate of drug-likeness (QED) is 0.293. The minimum Gasteiger partial charge on any atom is -0.486 e. The first-order valence-corrected chi connectivity index (χ1v) is 15.6. The molecule has 0 aliphatic carbocycles. The lowest BCUT2D eigenvalue weighted by atomic mass is 9.95. The summed E-state index contributed by atoms with van der Waals surface area (Å²) in [6, 6.07) is 20.3. The molecule has 0 spiro atoms. The molecule has 2 atom stereocenters. The van der Waals surface area contributed by atoms with E-state index >= 15 is 0 Å². The molecule has 9 nitrogen and oxygen atoms in total. The summed E-state index contributed by atoms with van der Waals surface area (Å²) in [5, 5.41) is 2.91. The number of aromatic nitrogens is 2. The number of nitrogens with one attached hydrogen (secondary N) is 1. The van der Waals surface area contributed by atoms with Crippen LogP contribution in [0.4, 0.5) is 0 Å². The number of fused-ring (bicyclic) bond motifs is 2. The van der Waals surface area contributed by atoms with Gasteiger partial charge in [-0.2, -0.15) is 0 Å². The Kier molecular flexibility index (Phi) is 8.84. The number of carbonyl (C=O) groups excluding carboxylic acids is 2. The van der Waals surface area contributed by atoms with Crippen LogP contribution < -0.4 is 20.5 Å². The van der Waals surface area contributed by atoms with Crippen LogP contribution in [0.2, 0.25) is 0 Å². The second kappa shape index (κ2) is 13.1. The van der Waals surface area contributed by atoms with Crippen molar-refractivity contribution in [1.29, 1.82) is 0 Å². The Morgan fingerprint density at radius 1 is 1.05 bits per heavy atom. The van der Waals surface area contributed by atoms with Crippen molar-refractivity contribution in [2.45, 2.75) is 58.0 Å². The monoisotopic (exact) mass is 595 g/mol. The summed E-state index contributed by atoms with van der Waals surface area (Å²) in [5.74, 6) is 2.71. The fourth-order valence-corrected chi connectivity index (χ4v) is 6.39. The first-order chi connectivity index (χ1) is 21.4. The lowest BCUT2D eigenvalue weighted by Gasteiger charge is -2.33. The molecule has 1 saturated heterocycles. The number of nitrogens with zero attached hydrogens (tertiary/aromatic N) is 3. The van der Waals surface area contributed by atoms with E-state index in [1.54, 1.807) is 0 Å². The molecule has 3 heterocycles. The number of rotatable bonds is 9. The lowest BCUT2D eigenvalue weighted by Crippen LogP contribution is -2.42. The zero-order valence-electron chi connectivity index (χ0n) is 25.6. The van der Waals surface area contributed by atoms with Crippen LogP contribution in [-0.4, -0.2) is 65.2 Å². The van der Waals surface area contributed by atoms with E-state index in [4.69, 9.17) is 20.2 Å². The van der Waals surface area contributed by atoms with E-state index in [0.29, 0.717) is 45.7 Å². The zero-order chi connectivity index (χ0) is 30.6. The summed E-state index contributed by atoms with van der Waals surface area (Å²) in [5.41, 5.74) is 13.0. The second-order valence-corrected chi connectivity index (χ2v) is 11.9. The van der Waals surface area contributed by atoms with Crippen LogP contribution >= 0.6 is 0 Å². The van der Waals surface area contributed by atoms with Crippen LogP contribution in [0.5, 0.6) is 11.5 Å². The maximum Gasteiger partial charge on any atom is 0.224 e. The highest BCUT2D eigenvalue weighted by atomic mass is 16.6. The molecular formula is C35H41N5O4. The molecule has 3 N–H and O–H groups in total. The predicted octanol–water partition coefficient (Wildman–Crippen LogP) is 4.59. The molecule has 1 aromatic heterocycles. The van der Waals surface area contributed by atoms with Crippen molar-refractivity contribution in [3.63, 3.8) is 0 Å². The average Bonchev–Trinajstić information content (AvgIpc) is 3.41. The van der Waals surface area contributed by atoms with Gasteiger partial charge in [-0.05, 0) is 66.6 Å². The van der Waals surface area contributed by atoms with Crippen LogP contribution in [0, 0.1) is 6.92 Å². The molecule has 4 aromatic rings. The molecule has 6 rings (SSSR count). The molecular weight excluding hydrogens is 554 g/mol. The van der Waals surface area contributed by atoms with E-state index in [0.717, 1.165) is 70.0 Å². The number of likely N-dealkylation sites (tertiary alicyclic amines) is 1.